The number of rotatable bonds is 5. The van der Waals surface area contributed by atoms with Crippen molar-refractivity contribution >= 4 is 21.7 Å². The maximum atomic E-state index is 5.41. The zero-order chi connectivity index (χ0) is 10.4. The van der Waals surface area contributed by atoms with Gasteiger partial charge in [-0.3, -0.25) is 0 Å². The third-order valence-corrected chi connectivity index (χ3v) is 2.27. The van der Waals surface area contributed by atoms with Gasteiger partial charge in [0.25, 0.3) is 0 Å². The Hall–Kier alpha value is -1.10. The van der Waals surface area contributed by atoms with Crippen LogP contribution in [0.5, 0.6) is 5.88 Å². The summed E-state index contributed by atoms with van der Waals surface area (Å²) in [4.78, 5) is 8.02. The molecule has 1 aromatic rings. The van der Waals surface area contributed by atoms with Gasteiger partial charge in [0.1, 0.15) is 16.6 Å². The molecule has 1 heterocycles. The number of ether oxygens (including phenoxy) is 1. The fraction of sp³-hybridized carbons (Fsp3) is 0.333. The first-order valence-electron chi connectivity index (χ1n) is 4.21. The molecule has 0 unspecified atom stereocenters. The van der Waals surface area contributed by atoms with Crippen molar-refractivity contribution in [3.8, 4) is 5.88 Å². The Morgan fingerprint density at radius 1 is 1.64 bits per heavy atom. The molecule has 76 valence electrons. The zero-order valence-electron chi connectivity index (χ0n) is 7.96. The van der Waals surface area contributed by atoms with E-state index in [-0.39, 0.29) is 0 Å². The van der Waals surface area contributed by atoms with Gasteiger partial charge in [0.2, 0.25) is 5.88 Å². The van der Waals surface area contributed by atoms with Crippen molar-refractivity contribution in [3.63, 3.8) is 0 Å². The van der Waals surface area contributed by atoms with Crippen molar-refractivity contribution in [2.75, 3.05) is 19.0 Å². The van der Waals surface area contributed by atoms with Gasteiger partial charge in [0.15, 0.2) is 0 Å². The molecule has 0 fully saturated rings. The molecule has 0 bridgehead atoms. The summed E-state index contributed by atoms with van der Waals surface area (Å²) >= 11 is 3.36. The Morgan fingerprint density at radius 3 is 3.07 bits per heavy atom. The summed E-state index contributed by atoms with van der Waals surface area (Å²) in [5, 5.41) is 2.93. The van der Waals surface area contributed by atoms with Gasteiger partial charge in [-0.1, -0.05) is 6.08 Å². The van der Waals surface area contributed by atoms with E-state index >= 15 is 0 Å². The Balaban J connectivity index is 2.71. The highest BCUT2D eigenvalue weighted by molar-refractivity contribution is 9.10. The Kier molecular flexibility index (Phi) is 4.39. The molecular weight excluding hydrogens is 246 g/mol. The number of aromatic nitrogens is 2. The average Bonchev–Trinajstić information content (AvgIpc) is 2.21. The molecular formula is C9H12BrN3O. The van der Waals surface area contributed by atoms with Gasteiger partial charge in [0.05, 0.1) is 6.61 Å². The van der Waals surface area contributed by atoms with E-state index in [1.54, 1.807) is 13.1 Å². The van der Waals surface area contributed by atoms with Crippen LogP contribution in [0.4, 0.5) is 5.82 Å². The lowest BCUT2D eigenvalue weighted by Crippen LogP contribution is -2.02. The second-order valence-corrected chi connectivity index (χ2v) is 3.31. The van der Waals surface area contributed by atoms with E-state index in [1.165, 1.54) is 6.33 Å². The van der Waals surface area contributed by atoms with E-state index in [2.05, 4.69) is 37.8 Å². The smallest absolute Gasteiger partial charge is 0.233 e. The molecule has 14 heavy (non-hydrogen) atoms. The quantitative estimate of drug-likeness (QED) is 0.650. The Labute approximate surface area is 91.5 Å². The van der Waals surface area contributed by atoms with E-state index in [1.807, 2.05) is 0 Å². The minimum atomic E-state index is 0.547. The van der Waals surface area contributed by atoms with Gasteiger partial charge >= 0.3 is 0 Å². The van der Waals surface area contributed by atoms with Crippen LogP contribution >= 0.6 is 15.9 Å². The van der Waals surface area contributed by atoms with Crippen LogP contribution in [0.15, 0.2) is 23.5 Å². The second-order valence-electron chi connectivity index (χ2n) is 2.52. The standard InChI is InChI=1S/C9H12BrN3O/c1-3-4-5-14-9-7(10)8(11-2)12-6-13-9/h3,6H,1,4-5H2,2H3,(H,11,12,13). The number of hydrogen-bond acceptors (Lipinski definition) is 4. The minimum absolute atomic E-state index is 0.547. The molecule has 0 aliphatic heterocycles. The van der Waals surface area contributed by atoms with Gasteiger partial charge in [-0.15, -0.1) is 6.58 Å². The normalized spacial score (nSPS) is 9.57. The van der Waals surface area contributed by atoms with Crippen molar-refractivity contribution in [1.29, 1.82) is 0 Å². The van der Waals surface area contributed by atoms with Crippen molar-refractivity contribution in [2.45, 2.75) is 6.42 Å². The molecule has 0 aliphatic rings. The number of nitrogens with one attached hydrogen (secondary N) is 1. The molecule has 0 aromatic carbocycles. The first-order chi connectivity index (χ1) is 6.79. The maximum Gasteiger partial charge on any atom is 0.233 e. The molecule has 0 saturated heterocycles. The van der Waals surface area contributed by atoms with E-state index in [4.69, 9.17) is 4.74 Å². The molecule has 0 atom stereocenters. The van der Waals surface area contributed by atoms with Crippen LogP contribution in [0.25, 0.3) is 0 Å². The number of anilines is 1. The summed E-state index contributed by atoms with van der Waals surface area (Å²) in [7, 11) is 1.79. The van der Waals surface area contributed by atoms with Crippen molar-refractivity contribution in [2.24, 2.45) is 0 Å². The number of halogens is 1. The third kappa shape index (κ3) is 2.70. The van der Waals surface area contributed by atoms with Gasteiger partial charge in [-0.2, -0.15) is 0 Å². The molecule has 1 N–H and O–H groups in total. The average molecular weight is 258 g/mol. The molecule has 4 nitrogen and oxygen atoms in total. The Morgan fingerprint density at radius 2 is 2.43 bits per heavy atom. The van der Waals surface area contributed by atoms with Crippen LogP contribution in [0.3, 0.4) is 0 Å². The van der Waals surface area contributed by atoms with Crippen molar-refractivity contribution in [1.82, 2.24) is 9.97 Å². The van der Waals surface area contributed by atoms with Gasteiger partial charge in [-0.25, -0.2) is 9.97 Å². The zero-order valence-corrected chi connectivity index (χ0v) is 9.54. The first-order valence-corrected chi connectivity index (χ1v) is 5.00. The Bertz CT molecular complexity index is 317. The molecule has 0 amide bonds. The van der Waals surface area contributed by atoms with E-state index in [9.17, 15) is 0 Å². The fourth-order valence-corrected chi connectivity index (χ4v) is 1.38. The molecule has 5 heteroatoms. The van der Waals surface area contributed by atoms with Crippen LogP contribution in [-0.4, -0.2) is 23.6 Å². The predicted molar refractivity (Wildman–Crippen MR) is 59.6 cm³/mol. The van der Waals surface area contributed by atoms with Crippen molar-refractivity contribution < 1.29 is 4.74 Å². The van der Waals surface area contributed by atoms with Gasteiger partial charge in [0, 0.05) is 7.05 Å². The lowest BCUT2D eigenvalue weighted by atomic mass is 10.4. The highest BCUT2D eigenvalue weighted by atomic mass is 79.9. The van der Waals surface area contributed by atoms with Gasteiger partial charge < -0.3 is 10.1 Å². The minimum Gasteiger partial charge on any atom is -0.476 e. The lowest BCUT2D eigenvalue weighted by molar-refractivity contribution is 0.310. The van der Waals surface area contributed by atoms with Gasteiger partial charge in [-0.05, 0) is 22.4 Å². The fourth-order valence-electron chi connectivity index (χ4n) is 0.868. The predicted octanol–water partition coefficient (Wildman–Crippen LogP) is 2.24. The van der Waals surface area contributed by atoms with E-state index in [0.29, 0.717) is 18.3 Å². The molecule has 0 spiro atoms. The van der Waals surface area contributed by atoms with Crippen LogP contribution in [-0.2, 0) is 0 Å². The van der Waals surface area contributed by atoms with Crippen molar-refractivity contribution in [3.05, 3.63) is 23.5 Å². The highest BCUT2D eigenvalue weighted by Gasteiger charge is 2.07. The van der Waals surface area contributed by atoms with E-state index in [0.717, 1.165) is 10.9 Å². The summed E-state index contributed by atoms with van der Waals surface area (Å²) in [6.45, 7) is 4.18. The number of nitrogens with zero attached hydrogens (tertiary/aromatic N) is 2. The molecule has 0 aliphatic carbocycles. The topological polar surface area (TPSA) is 47.0 Å². The molecule has 1 aromatic heterocycles. The van der Waals surface area contributed by atoms with Crippen LogP contribution in [0, 0.1) is 0 Å². The van der Waals surface area contributed by atoms with Crippen LogP contribution < -0.4 is 10.1 Å². The SMILES string of the molecule is C=CCCOc1ncnc(NC)c1Br. The second kappa shape index (κ2) is 5.59. The summed E-state index contributed by atoms with van der Waals surface area (Å²) in [6.07, 6.45) is 4.05. The highest BCUT2D eigenvalue weighted by Crippen LogP contribution is 2.27. The first kappa shape index (κ1) is 11.0. The maximum absolute atomic E-state index is 5.41. The van der Waals surface area contributed by atoms with Crippen LogP contribution in [0.1, 0.15) is 6.42 Å². The summed E-state index contributed by atoms with van der Waals surface area (Å²) in [5.41, 5.74) is 0. The summed E-state index contributed by atoms with van der Waals surface area (Å²) in [6, 6.07) is 0. The largest absolute Gasteiger partial charge is 0.476 e. The monoisotopic (exact) mass is 257 g/mol. The molecule has 0 radical (unpaired) electrons. The third-order valence-electron chi connectivity index (χ3n) is 1.56. The summed E-state index contributed by atoms with van der Waals surface area (Å²) in [5.74, 6) is 1.26. The lowest BCUT2D eigenvalue weighted by Gasteiger charge is -2.07. The van der Waals surface area contributed by atoms with Crippen LogP contribution in [0.2, 0.25) is 0 Å². The molecule has 1 rings (SSSR count). The number of hydrogen-bond donors (Lipinski definition) is 1. The molecule has 0 saturated carbocycles. The summed E-state index contributed by atoms with van der Waals surface area (Å²) < 4.78 is 6.15. The van der Waals surface area contributed by atoms with E-state index < -0.39 is 0 Å².